The number of benzene rings is 2. The maximum Gasteiger partial charge on any atom is 0.131 e. The van der Waals surface area contributed by atoms with Crippen molar-refractivity contribution in [3.8, 4) is 0 Å². The fourth-order valence-corrected chi connectivity index (χ4v) is 2.71. The van der Waals surface area contributed by atoms with Gasteiger partial charge in [0, 0.05) is 11.1 Å². The highest BCUT2D eigenvalue weighted by Crippen LogP contribution is 2.43. The summed E-state index contributed by atoms with van der Waals surface area (Å²) in [4.78, 5) is 0. The van der Waals surface area contributed by atoms with Gasteiger partial charge in [-0.1, -0.05) is 54.6 Å². The normalized spacial score (nSPS) is 16.8. The Morgan fingerprint density at radius 1 is 0.842 bits per heavy atom. The lowest BCUT2D eigenvalue weighted by Gasteiger charge is -2.36. The first-order valence-corrected chi connectivity index (χ1v) is 6.65. The van der Waals surface area contributed by atoms with Gasteiger partial charge in [-0.25, -0.2) is 0 Å². The lowest BCUT2D eigenvalue weighted by atomic mass is 9.86. The lowest BCUT2D eigenvalue weighted by Crippen LogP contribution is -2.26. The Kier molecular flexibility index (Phi) is 2.70. The molecule has 1 nitrogen and oxygen atoms in total. The van der Waals surface area contributed by atoms with Crippen LogP contribution in [0.25, 0.3) is 11.3 Å². The van der Waals surface area contributed by atoms with Gasteiger partial charge in [0.2, 0.25) is 0 Å². The second kappa shape index (κ2) is 4.27. The van der Waals surface area contributed by atoms with Crippen LogP contribution in [0.3, 0.4) is 0 Å². The van der Waals surface area contributed by atoms with Crippen molar-refractivity contribution in [3.05, 3.63) is 71.3 Å². The fourth-order valence-electron chi connectivity index (χ4n) is 2.71. The van der Waals surface area contributed by atoms with Crippen molar-refractivity contribution in [2.45, 2.75) is 26.4 Å². The SMILES string of the molecule is CC1=C(c2ccccc2)OC(C)(C)c2ccccc21. The molecule has 3 rings (SSSR count). The summed E-state index contributed by atoms with van der Waals surface area (Å²) in [5, 5.41) is 0. The van der Waals surface area contributed by atoms with Crippen LogP contribution in [0.15, 0.2) is 54.6 Å². The van der Waals surface area contributed by atoms with Crippen molar-refractivity contribution in [2.24, 2.45) is 0 Å². The van der Waals surface area contributed by atoms with E-state index in [1.807, 2.05) is 18.2 Å². The molecular formula is C18H18O. The monoisotopic (exact) mass is 250 g/mol. The Morgan fingerprint density at radius 2 is 1.47 bits per heavy atom. The molecule has 0 spiro atoms. The van der Waals surface area contributed by atoms with Crippen molar-refractivity contribution in [1.82, 2.24) is 0 Å². The van der Waals surface area contributed by atoms with Crippen molar-refractivity contribution in [2.75, 3.05) is 0 Å². The summed E-state index contributed by atoms with van der Waals surface area (Å²) < 4.78 is 6.28. The van der Waals surface area contributed by atoms with Crippen LogP contribution in [0.4, 0.5) is 0 Å². The van der Waals surface area contributed by atoms with Crippen LogP contribution in [-0.4, -0.2) is 0 Å². The first-order valence-electron chi connectivity index (χ1n) is 6.65. The van der Waals surface area contributed by atoms with Crippen molar-refractivity contribution in [1.29, 1.82) is 0 Å². The molecule has 0 atom stereocenters. The lowest BCUT2D eigenvalue weighted by molar-refractivity contribution is 0.0719. The Balaban J connectivity index is 2.23. The maximum atomic E-state index is 6.28. The van der Waals surface area contributed by atoms with E-state index in [-0.39, 0.29) is 5.60 Å². The molecule has 0 fully saturated rings. The van der Waals surface area contributed by atoms with E-state index in [9.17, 15) is 0 Å². The molecule has 0 aromatic heterocycles. The van der Waals surface area contributed by atoms with E-state index in [0.29, 0.717) is 0 Å². The number of hydrogen-bond acceptors (Lipinski definition) is 1. The van der Waals surface area contributed by atoms with Gasteiger partial charge in [0.1, 0.15) is 11.4 Å². The molecule has 2 aromatic rings. The van der Waals surface area contributed by atoms with Crippen LogP contribution in [0.2, 0.25) is 0 Å². The molecular weight excluding hydrogens is 232 g/mol. The second-order valence-electron chi connectivity index (χ2n) is 5.48. The average molecular weight is 250 g/mol. The predicted octanol–water partition coefficient (Wildman–Crippen LogP) is 4.84. The fraction of sp³-hybridized carbons (Fsp3) is 0.222. The molecule has 19 heavy (non-hydrogen) atoms. The molecule has 0 saturated heterocycles. The zero-order valence-corrected chi connectivity index (χ0v) is 11.6. The van der Waals surface area contributed by atoms with Gasteiger partial charge in [-0.2, -0.15) is 0 Å². The molecule has 0 bridgehead atoms. The summed E-state index contributed by atoms with van der Waals surface area (Å²) in [5.41, 5.74) is 4.61. The predicted molar refractivity (Wildman–Crippen MR) is 79.5 cm³/mol. The van der Waals surface area contributed by atoms with Crippen LogP contribution in [-0.2, 0) is 10.3 Å². The van der Waals surface area contributed by atoms with Crippen molar-refractivity contribution in [3.63, 3.8) is 0 Å². The van der Waals surface area contributed by atoms with E-state index >= 15 is 0 Å². The van der Waals surface area contributed by atoms with Gasteiger partial charge < -0.3 is 4.74 Å². The van der Waals surface area contributed by atoms with Gasteiger partial charge in [-0.05, 0) is 31.9 Å². The molecule has 0 aliphatic carbocycles. The van der Waals surface area contributed by atoms with Gasteiger partial charge in [-0.3, -0.25) is 0 Å². The van der Waals surface area contributed by atoms with E-state index in [1.165, 1.54) is 16.7 Å². The van der Waals surface area contributed by atoms with E-state index in [2.05, 4.69) is 57.2 Å². The minimum atomic E-state index is -0.290. The molecule has 2 aromatic carbocycles. The first-order chi connectivity index (χ1) is 9.09. The minimum Gasteiger partial charge on any atom is -0.482 e. The van der Waals surface area contributed by atoms with E-state index in [1.54, 1.807) is 0 Å². The zero-order chi connectivity index (χ0) is 13.5. The van der Waals surface area contributed by atoms with Gasteiger partial charge in [0.05, 0.1) is 0 Å². The summed E-state index contributed by atoms with van der Waals surface area (Å²) in [6.07, 6.45) is 0. The van der Waals surface area contributed by atoms with E-state index < -0.39 is 0 Å². The van der Waals surface area contributed by atoms with Gasteiger partial charge in [0.15, 0.2) is 0 Å². The molecule has 0 amide bonds. The molecule has 0 unspecified atom stereocenters. The highest BCUT2D eigenvalue weighted by atomic mass is 16.5. The molecule has 1 heterocycles. The second-order valence-corrected chi connectivity index (χ2v) is 5.48. The molecule has 0 radical (unpaired) electrons. The van der Waals surface area contributed by atoms with Crippen molar-refractivity contribution >= 4 is 11.3 Å². The highest BCUT2D eigenvalue weighted by Gasteiger charge is 2.32. The maximum absolute atomic E-state index is 6.28. The molecule has 0 saturated carbocycles. The number of ether oxygens (including phenoxy) is 1. The van der Waals surface area contributed by atoms with Crippen LogP contribution in [0, 0.1) is 0 Å². The number of allylic oxidation sites excluding steroid dienone is 1. The van der Waals surface area contributed by atoms with Gasteiger partial charge in [-0.15, -0.1) is 0 Å². The van der Waals surface area contributed by atoms with Crippen LogP contribution >= 0.6 is 0 Å². The molecule has 1 aliphatic heterocycles. The topological polar surface area (TPSA) is 9.23 Å². The third-order valence-corrected chi connectivity index (χ3v) is 3.71. The summed E-state index contributed by atoms with van der Waals surface area (Å²) in [6.45, 7) is 6.39. The highest BCUT2D eigenvalue weighted by molar-refractivity contribution is 5.89. The third-order valence-electron chi connectivity index (χ3n) is 3.71. The minimum absolute atomic E-state index is 0.290. The average Bonchev–Trinajstić information content (AvgIpc) is 2.44. The van der Waals surface area contributed by atoms with Gasteiger partial charge in [0.25, 0.3) is 0 Å². The quantitative estimate of drug-likeness (QED) is 0.703. The summed E-state index contributed by atoms with van der Waals surface area (Å²) in [6, 6.07) is 18.8. The molecule has 96 valence electrons. The Labute approximate surface area is 114 Å². The number of rotatable bonds is 1. The summed E-state index contributed by atoms with van der Waals surface area (Å²) >= 11 is 0. The summed E-state index contributed by atoms with van der Waals surface area (Å²) in [7, 11) is 0. The Morgan fingerprint density at radius 3 is 2.21 bits per heavy atom. The van der Waals surface area contributed by atoms with Crippen LogP contribution in [0.1, 0.15) is 37.5 Å². The van der Waals surface area contributed by atoms with Gasteiger partial charge >= 0.3 is 0 Å². The zero-order valence-electron chi connectivity index (χ0n) is 11.6. The largest absolute Gasteiger partial charge is 0.482 e. The Hall–Kier alpha value is -2.02. The smallest absolute Gasteiger partial charge is 0.131 e. The molecule has 1 aliphatic rings. The summed E-state index contributed by atoms with van der Waals surface area (Å²) in [5.74, 6) is 0.990. The van der Waals surface area contributed by atoms with E-state index in [0.717, 1.165) is 11.3 Å². The first kappa shape index (κ1) is 12.0. The number of fused-ring (bicyclic) bond motifs is 1. The third kappa shape index (κ3) is 1.95. The standard InChI is InChI=1S/C18H18O/c1-13-15-11-7-8-12-16(15)18(2,3)19-17(13)14-9-5-4-6-10-14/h4-12H,1-3H3. The molecule has 0 N–H and O–H groups in total. The van der Waals surface area contributed by atoms with Crippen LogP contribution in [0.5, 0.6) is 0 Å². The van der Waals surface area contributed by atoms with Crippen molar-refractivity contribution < 1.29 is 4.74 Å². The van der Waals surface area contributed by atoms with Crippen LogP contribution < -0.4 is 0 Å². The number of hydrogen-bond donors (Lipinski definition) is 0. The molecule has 1 heteroatoms. The van der Waals surface area contributed by atoms with E-state index in [4.69, 9.17) is 4.74 Å². The Bertz CT molecular complexity index is 636.